The van der Waals surface area contributed by atoms with E-state index in [9.17, 15) is 9.59 Å². The zero-order valence-electron chi connectivity index (χ0n) is 18.7. The Morgan fingerprint density at radius 2 is 1.51 bits per heavy atom. The Hall–Kier alpha value is -4.71. The molecule has 0 amide bonds. The van der Waals surface area contributed by atoms with Gasteiger partial charge in [0.15, 0.2) is 11.6 Å². The first-order valence-electron chi connectivity index (χ1n) is 11.4. The molecule has 0 fully saturated rings. The number of ketones is 2. The molecule has 3 aromatic carbocycles. The van der Waals surface area contributed by atoms with Crippen LogP contribution in [-0.2, 0) is 12.8 Å². The quantitative estimate of drug-likeness (QED) is 0.334. The van der Waals surface area contributed by atoms with Gasteiger partial charge in [-0.1, -0.05) is 48.5 Å². The Bertz CT molecular complexity index is 1750. The van der Waals surface area contributed by atoms with Crippen molar-refractivity contribution in [3.63, 3.8) is 0 Å². The minimum Gasteiger partial charge on any atom is -0.342 e. The molecule has 6 rings (SSSR count). The second-order valence-electron chi connectivity index (χ2n) is 8.54. The summed E-state index contributed by atoms with van der Waals surface area (Å²) in [7, 11) is 0. The fourth-order valence-corrected chi connectivity index (χ4v) is 4.36. The number of nitrogens with zero attached hydrogens (tertiary/aromatic N) is 3. The van der Waals surface area contributed by atoms with E-state index in [1.165, 1.54) is 0 Å². The highest BCUT2D eigenvalue weighted by Gasteiger charge is 2.17. The largest absolute Gasteiger partial charge is 0.342 e. The molecule has 3 heterocycles. The topological polar surface area (TPSA) is 88.6 Å². The molecule has 35 heavy (non-hydrogen) atoms. The number of imidazole rings is 1. The standard InChI is InChI=1S/C29H20N4O2/c34-26(13-18-12-20-7-3-4-10-23(20)30-16-18)22-9-5-11-24-29(22)33-28(32-24)15-27(35)25-14-19-6-1-2-8-21(19)17-31-25/h1-12,14,16-17H,13,15H2,(H,32,33). The third-order valence-electron chi connectivity index (χ3n) is 6.12. The number of rotatable bonds is 6. The van der Waals surface area contributed by atoms with E-state index in [0.717, 1.165) is 32.8 Å². The molecule has 0 aliphatic heterocycles. The van der Waals surface area contributed by atoms with Crippen LogP contribution >= 0.6 is 0 Å². The van der Waals surface area contributed by atoms with Gasteiger partial charge in [-0.25, -0.2) is 4.98 Å². The zero-order valence-corrected chi connectivity index (χ0v) is 18.7. The highest BCUT2D eigenvalue weighted by molar-refractivity contribution is 6.07. The van der Waals surface area contributed by atoms with Gasteiger partial charge in [-0.3, -0.25) is 19.6 Å². The number of carbonyl (C=O) groups is 2. The van der Waals surface area contributed by atoms with Crippen LogP contribution in [-0.4, -0.2) is 31.5 Å². The maximum absolute atomic E-state index is 13.2. The molecule has 6 heteroatoms. The number of fused-ring (bicyclic) bond motifs is 3. The molecule has 168 valence electrons. The minimum absolute atomic E-state index is 0.0479. The molecule has 0 spiro atoms. The summed E-state index contributed by atoms with van der Waals surface area (Å²) in [6.07, 6.45) is 3.74. The van der Waals surface area contributed by atoms with Crippen molar-refractivity contribution >= 4 is 44.3 Å². The number of pyridine rings is 2. The van der Waals surface area contributed by atoms with E-state index in [1.807, 2.05) is 66.7 Å². The molecule has 6 nitrogen and oxygen atoms in total. The molecule has 0 saturated heterocycles. The summed E-state index contributed by atoms with van der Waals surface area (Å²) in [5.74, 6) is 0.325. The Balaban J connectivity index is 1.26. The van der Waals surface area contributed by atoms with Crippen molar-refractivity contribution in [1.29, 1.82) is 0 Å². The highest BCUT2D eigenvalue weighted by atomic mass is 16.1. The summed E-state index contributed by atoms with van der Waals surface area (Å²) in [6, 6.07) is 24.9. The monoisotopic (exact) mass is 456 g/mol. The van der Waals surface area contributed by atoms with Crippen molar-refractivity contribution in [2.45, 2.75) is 12.8 Å². The van der Waals surface area contributed by atoms with Crippen LogP contribution < -0.4 is 0 Å². The molecule has 0 bridgehead atoms. The van der Waals surface area contributed by atoms with E-state index in [2.05, 4.69) is 19.9 Å². The molecule has 0 radical (unpaired) electrons. The van der Waals surface area contributed by atoms with Crippen molar-refractivity contribution in [1.82, 2.24) is 19.9 Å². The molecular formula is C29H20N4O2. The van der Waals surface area contributed by atoms with Crippen LogP contribution in [0.1, 0.15) is 32.2 Å². The Kier molecular flexibility index (Phi) is 5.11. The van der Waals surface area contributed by atoms with Gasteiger partial charge >= 0.3 is 0 Å². The molecule has 0 saturated carbocycles. The van der Waals surface area contributed by atoms with Crippen LogP contribution in [0.25, 0.3) is 32.7 Å². The van der Waals surface area contributed by atoms with Gasteiger partial charge in [-0.05, 0) is 41.3 Å². The molecule has 0 unspecified atom stereocenters. The second kappa shape index (κ2) is 8.57. The van der Waals surface area contributed by atoms with Crippen molar-refractivity contribution in [2.24, 2.45) is 0 Å². The average molecular weight is 457 g/mol. The number of nitrogens with one attached hydrogen (secondary N) is 1. The van der Waals surface area contributed by atoms with Gasteiger partial charge in [0, 0.05) is 35.2 Å². The van der Waals surface area contributed by atoms with Crippen LogP contribution in [0.2, 0.25) is 0 Å². The van der Waals surface area contributed by atoms with Crippen molar-refractivity contribution in [2.75, 3.05) is 0 Å². The molecule has 0 aliphatic carbocycles. The molecular weight excluding hydrogens is 436 g/mol. The van der Waals surface area contributed by atoms with E-state index in [0.29, 0.717) is 22.6 Å². The van der Waals surface area contributed by atoms with Crippen LogP contribution in [0.3, 0.4) is 0 Å². The van der Waals surface area contributed by atoms with Gasteiger partial charge in [0.05, 0.1) is 23.0 Å². The average Bonchev–Trinajstić information content (AvgIpc) is 3.30. The number of hydrogen-bond acceptors (Lipinski definition) is 5. The normalized spacial score (nSPS) is 11.3. The smallest absolute Gasteiger partial charge is 0.188 e. The van der Waals surface area contributed by atoms with Gasteiger partial charge in [0.2, 0.25) is 0 Å². The van der Waals surface area contributed by atoms with Gasteiger partial charge in [-0.2, -0.15) is 0 Å². The predicted octanol–water partition coefficient (Wildman–Crippen LogP) is 5.51. The number of aromatic nitrogens is 4. The molecule has 6 aromatic rings. The van der Waals surface area contributed by atoms with Crippen LogP contribution in [0.5, 0.6) is 0 Å². The fraction of sp³-hybridized carbons (Fsp3) is 0.0690. The van der Waals surface area contributed by atoms with Crippen LogP contribution in [0.4, 0.5) is 0 Å². The van der Waals surface area contributed by atoms with Gasteiger partial charge in [0.25, 0.3) is 0 Å². The number of H-pyrrole nitrogens is 1. The summed E-state index contributed by atoms with van der Waals surface area (Å²) in [4.78, 5) is 42.7. The molecule has 0 aliphatic rings. The lowest BCUT2D eigenvalue weighted by molar-refractivity contribution is 0.0982. The predicted molar refractivity (Wildman–Crippen MR) is 136 cm³/mol. The van der Waals surface area contributed by atoms with E-state index >= 15 is 0 Å². The summed E-state index contributed by atoms with van der Waals surface area (Å²) in [5, 5.41) is 2.95. The second-order valence-corrected chi connectivity index (χ2v) is 8.54. The lowest BCUT2D eigenvalue weighted by Crippen LogP contribution is -2.07. The number of carbonyl (C=O) groups excluding carboxylic acids is 2. The third kappa shape index (κ3) is 4.06. The van der Waals surface area contributed by atoms with Crippen LogP contribution in [0.15, 0.2) is 91.3 Å². The number of hydrogen-bond donors (Lipinski definition) is 1. The first-order chi connectivity index (χ1) is 17.1. The zero-order chi connectivity index (χ0) is 23.8. The van der Waals surface area contributed by atoms with E-state index in [4.69, 9.17) is 0 Å². The van der Waals surface area contributed by atoms with Crippen LogP contribution in [0, 0.1) is 0 Å². The van der Waals surface area contributed by atoms with Crippen molar-refractivity contribution < 1.29 is 9.59 Å². The number of benzene rings is 3. The summed E-state index contributed by atoms with van der Waals surface area (Å²) in [6.45, 7) is 0. The molecule has 1 N–H and O–H groups in total. The molecule has 3 aromatic heterocycles. The summed E-state index contributed by atoms with van der Waals surface area (Å²) < 4.78 is 0. The number of para-hydroxylation sites is 2. The minimum atomic E-state index is -0.134. The summed E-state index contributed by atoms with van der Waals surface area (Å²) >= 11 is 0. The molecule has 0 atom stereocenters. The van der Waals surface area contributed by atoms with Gasteiger partial charge in [0.1, 0.15) is 11.5 Å². The van der Waals surface area contributed by atoms with Gasteiger partial charge < -0.3 is 4.98 Å². The number of aromatic amines is 1. The van der Waals surface area contributed by atoms with Crippen molar-refractivity contribution in [3.8, 4) is 0 Å². The number of Topliss-reactive ketones (excluding diaryl/α,β-unsaturated/α-hetero) is 2. The first kappa shape index (κ1) is 20.9. The van der Waals surface area contributed by atoms with E-state index < -0.39 is 0 Å². The Labute approximate surface area is 200 Å². The summed E-state index contributed by atoms with van der Waals surface area (Å²) in [5.41, 5.74) is 3.95. The van der Waals surface area contributed by atoms with Gasteiger partial charge in [-0.15, -0.1) is 0 Å². The third-order valence-corrected chi connectivity index (χ3v) is 6.12. The highest BCUT2D eigenvalue weighted by Crippen LogP contribution is 2.21. The van der Waals surface area contributed by atoms with E-state index in [1.54, 1.807) is 24.5 Å². The van der Waals surface area contributed by atoms with Crippen molar-refractivity contribution in [3.05, 3.63) is 114 Å². The maximum Gasteiger partial charge on any atom is 0.188 e. The maximum atomic E-state index is 13.2. The van der Waals surface area contributed by atoms with E-state index in [-0.39, 0.29) is 24.4 Å². The lowest BCUT2D eigenvalue weighted by Gasteiger charge is -2.04. The Morgan fingerprint density at radius 3 is 2.40 bits per heavy atom. The Morgan fingerprint density at radius 1 is 0.714 bits per heavy atom. The SMILES string of the molecule is O=C(Cc1nc2c(C(=O)Cc3cnc4ccccc4c3)cccc2[nH]1)c1cc2ccccc2cn1. The first-order valence-corrected chi connectivity index (χ1v) is 11.4. The lowest BCUT2D eigenvalue weighted by atomic mass is 10.0. The fourth-order valence-electron chi connectivity index (χ4n) is 4.36.